The highest BCUT2D eigenvalue weighted by molar-refractivity contribution is 5.74. The van der Waals surface area contributed by atoms with Gasteiger partial charge in [0, 0.05) is 17.5 Å². The minimum Gasteiger partial charge on any atom is -0.493 e. The molecule has 1 aromatic carbocycles. The molecular formula is C16H21NO3. The number of hydrogen-bond donors (Lipinski definition) is 1. The van der Waals surface area contributed by atoms with E-state index in [1.165, 1.54) is 0 Å². The maximum absolute atomic E-state index is 11.6. The van der Waals surface area contributed by atoms with Crippen LogP contribution in [0.5, 0.6) is 5.75 Å². The summed E-state index contributed by atoms with van der Waals surface area (Å²) in [6.45, 7) is 5.68. The van der Waals surface area contributed by atoms with Crippen molar-refractivity contribution in [2.45, 2.75) is 32.4 Å². The molecule has 108 valence electrons. The fourth-order valence-electron chi connectivity index (χ4n) is 3.65. The van der Waals surface area contributed by atoms with Gasteiger partial charge in [0.1, 0.15) is 11.8 Å². The van der Waals surface area contributed by atoms with Crippen LogP contribution in [0.15, 0.2) is 24.3 Å². The molecule has 1 saturated heterocycles. The van der Waals surface area contributed by atoms with Crippen LogP contribution in [0, 0.1) is 11.8 Å². The zero-order valence-corrected chi connectivity index (χ0v) is 12.0. The summed E-state index contributed by atoms with van der Waals surface area (Å²) in [6, 6.07) is 7.77. The standard InChI is InChI=1S/C16H21NO3/c1-10-7-8-17(15(10)16(18)19)14-11(2)9-20-13-6-4-3-5-12(13)14/h3-6,10-11,14-15H,7-9H2,1-2H3,(H,18,19). The van der Waals surface area contributed by atoms with Crippen LogP contribution < -0.4 is 4.74 Å². The number of para-hydroxylation sites is 1. The zero-order valence-electron chi connectivity index (χ0n) is 12.0. The van der Waals surface area contributed by atoms with Crippen LogP contribution in [0.3, 0.4) is 0 Å². The normalized spacial score (nSPS) is 33.5. The molecule has 0 saturated carbocycles. The van der Waals surface area contributed by atoms with Gasteiger partial charge in [-0.05, 0) is 24.9 Å². The van der Waals surface area contributed by atoms with E-state index < -0.39 is 5.97 Å². The smallest absolute Gasteiger partial charge is 0.321 e. The summed E-state index contributed by atoms with van der Waals surface area (Å²) >= 11 is 0. The molecule has 3 rings (SSSR count). The summed E-state index contributed by atoms with van der Waals surface area (Å²) in [6.07, 6.45) is 0.948. The fraction of sp³-hybridized carbons (Fsp3) is 0.562. The Bertz CT molecular complexity index is 516. The summed E-state index contributed by atoms with van der Waals surface area (Å²) in [7, 11) is 0. The lowest BCUT2D eigenvalue weighted by Crippen LogP contribution is -2.45. The molecule has 2 aliphatic heterocycles. The van der Waals surface area contributed by atoms with E-state index in [9.17, 15) is 9.90 Å². The van der Waals surface area contributed by atoms with Crippen LogP contribution in [0.1, 0.15) is 31.9 Å². The Balaban J connectivity index is 1.98. The third-order valence-electron chi connectivity index (χ3n) is 4.63. The van der Waals surface area contributed by atoms with Gasteiger partial charge in [0.2, 0.25) is 0 Å². The van der Waals surface area contributed by atoms with Crippen molar-refractivity contribution in [1.29, 1.82) is 0 Å². The number of likely N-dealkylation sites (tertiary alicyclic amines) is 1. The first-order valence-electron chi connectivity index (χ1n) is 7.30. The van der Waals surface area contributed by atoms with Crippen LogP contribution in [0.25, 0.3) is 0 Å². The molecule has 2 aliphatic rings. The third-order valence-corrected chi connectivity index (χ3v) is 4.63. The van der Waals surface area contributed by atoms with Crippen molar-refractivity contribution >= 4 is 5.97 Å². The Morgan fingerprint density at radius 2 is 2.05 bits per heavy atom. The first-order valence-corrected chi connectivity index (χ1v) is 7.30. The van der Waals surface area contributed by atoms with Crippen molar-refractivity contribution in [2.24, 2.45) is 11.8 Å². The second-order valence-electron chi connectivity index (χ2n) is 6.06. The molecule has 0 bridgehead atoms. The molecule has 1 fully saturated rings. The molecule has 4 atom stereocenters. The van der Waals surface area contributed by atoms with Crippen LogP contribution >= 0.6 is 0 Å². The van der Waals surface area contributed by atoms with Crippen LogP contribution in [-0.4, -0.2) is 35.2 Å². The van der Waals surface area contributed by atoms with Gasteiger partial charge >= 0.3 is 5.97 Å². The summed E-state index contributed by atoms with van der Waals surface area (Å²) in [4.78, 5) is 13.8. The van der Waals surface area contributed by atoms with Crippen molar-refractivity contribution in [3.63, 3.8) is 0 Å². The number of ether oxygens (including phenoxy) is 1. The zero-order chi connectivity index (χ0) is 14.3. The molecule has 0 spiro atoms. The first-order chi connectivity index (χ1) is 9.59. The number of rotatable bonds is 2. The van der Waals surface area contributed by atoms with Crippen molar-refractivity contribution in [3.8, 4) is 5.75 Å². The van der Waals surface area contributed by atoms with E-state index in [2.05, 4.69) is 17.9 Å². The van der Waals surface area contributed by atoms with Gasteiger partial charge in [0.25, 0.3) is 0 Å². The number of carboxylic acid groups (broad SMARTS) is 1. The fourth-order valence-corrected chi connectivity index (χ4v) is 3.65. The molecule has 2 heterocycles. The molecule has 4 heteroatoms. The van der Waals surface area contributed by atoms with Gasteiger partial charge < -0.3 is 9.84 Å². The molecule has 1 N–H and O–H groups in total. The highest BCUT2D eigenvalue weighted by atomic mass is 16.5. The second kappa shape index (κ2) is 5.09. The Morgan fingerprint density at radius 1 is 1.30 bits per heavy atom. The Kier molecular flexibility index (Phi) is 3.42. The van der Waals surface area contributed by atoms with Crippen LogP contribution in [0.4, 0.5) is 0 Å². The predicted octanol–water partition coefficient (Wildman–Crippen LogP) is 2.55. The summed E-state index contributed by atoms with van der Waals surface area (Å²) in [5, 5.41) is 9.55. The van der Waals surface area contributed by atoms with Crippen molar-refractivity contribution in [1.82, 2.24) is 4.90 Å². The van der Waals surface area contributed by atoms with Gasteiger partial charge in [-0.15, -0.1) is 0 Å². The van der Waals surface area contributed by atoms with Gasteiger partial charge in [0.05, 0.1) is 6.61 Å². The second-order valence-corrected chi connectivity index (χ2v) is 6.06. The Morgan fingerprint density at radius 3 is 2.80 bits per heavy atom. The average Bonchev–Trinajstić information content (AvgIpc) is 2.80. The maximum atomic E-state index is 11.6. The average molecular weight is 275 g/mol. The quantitative estimate of drug-likeness (QED) is 0.901. The minimum absolute atomic E-state index is 0.144. The summed E-state index contributed by atoms with van der Waals surface area (Å²) in [5.74, 6) is 0.706. The molecule has 0 aromatic heterocycles. The molecule has 4 unspecified atom stereocenters. The van der Waals surface area contributed by atoms with Crippen molar-refractivity contribution in [3.05, 3.63) is 29.8 Å². The molecule has 20 heavy (non-hydrogen) atoms. The monoisotopic (exact) mass is 275 g/mol. The molecule has 4 nitrogen and oxygen atoms in total. The van der Waals surface area contributed by atoms with Gasteiger partial charge in [-0.1, -0.05) is 32.0 Å². The third kappa shape index (κ3) is 2.08. The Labute approximate surface area is 119 Å². The van der Waals surface area contributed by atoms with Crippen molar-refractivity contribution in [2.75, 3.05) is 13.2 Å². The maximum Gasteiger partial charge on any atom is 0.321 e. The first kappa shape index (κ1) is 13.4. The van der Waals surface area contributed by atoms with Gasteiger partial charge in [-0.25, -0.2) is 0 Å². The van der Waals surface area contributed by atoms with Crippen LogP contribution in [-0.2, 0) is 4.79 Å². The van der Waals surface area contributed by atoms with E-state index in [4.69, 9.17) is 4.74 Å². The van der Waals surface area contributed by atoms with E-state index in [0.717, 1.165) is 24.3 Å². The van der Waals surface area contributed by atoms with E-state index >= 15 is 0 Å². The molecule has 0 aliphatic carbocycles. The van der Waals surface area contributed by atoms with Gasteiger partial charge in [-0.2, -0.15) is 0 Å². The lowest BCUT2D eigenvalue weighted by molar-refractivity contribution is -0.145. The highest BCUT2D eigenvalue weighted by Crippen LogP contribution is 2.43. The molecule has 0 amide bonds. The van der Waals surface area contributed by atoms with E-state index in [1.54, 1.807) is 0 Å². The highest BCUT2D eigenvalue weighted by Gasteiger charge is 2.44. The lowest BCUT2D eigenvalue weighted by atomic mass is 9.89. The van der Waals surface area contributed by atoms with Gasteiger partial charge in [0.15, 0.2) is 0 Å². The SMILES string of the molecule is CC1CCN(C2c3ccccc3OCC2C)C1C(=O)O. The largest absolute Gasteiger partial charge is 0.493 e. The number of hydrogen-bond acceptors (Lipinski definition) is 3. The predicted molar refractivity (Wildman–Crippen MR) is 75.8 cm³/mol. The Hall–Kier alpha value is -1.55. The number of nitrogens with zero attached hydrogens (tertiary/aromatic N) is 1. The molecule has 1 aromatic rings. The minimum atomic E-state index is -0.703. The number of carboxylic acids is 1. The van der Waals surface area contributed by atoms with E-state index in [1.807, 2.05) is 25.1 Å². The topological polar surface area (TPSA) is 49.8 Å². The number of benzene rings is 1. The summed E-state index contributed by atoms with van der Waals surface area (Å²) < 4.78 is 5.77. The number of aliphatic carboxylic acids is 1. The van der Waals surface area contributed by atoms with E-state index in [0.29, 0.717) is 12.5 Å². The number of fused-ring (bicyclic) bond motifs is 1. The van der Waals surface area contributed by atoms with Crippen molar-refractivity contribution < 1.29 is 14.6 Å². The lowest BCUT2D eigenvalue weighted by Gasteiger charge is -2.39. The van der Waals surface area contributed by atoms with Gasteiger partial charge in [-0.3, -0.25) is 9.69 Å². The van der Waals surface area contributed by atoms with Crippen LogP contribution in [0.2, 0.25) is 0 Å². The number of carbonyl (C=O) groups is 1. The molecule has 0 radical (unpaired) electrons. The molecular weight excluding hydrogens is 254 g/mol. The summed E-state index contributed by atoms with van der Waals surface area (Å²) in [5.41, 5.74) is 1.13. The van der Waals surface area contributed by atoms with E-state index in [-0.39, 0.29) is 18.0 Å².